The molecule has 0 unspecified atom stereocenters. The first-order valence-corrected chi connectivity index (χ1v) is 11.2. The fourth-order valence-electron chi connectivity index (χ4n) is 2.50. The zero-order chi connectivity index (χ0) is 21.7. The maximum absolute atomic E-state index is 11.7. The van der Waals surface area contributed by atoms with Crippen LogP contribution in [0.3, 0.4) is 0 Å². The first-order chi connectivity index (χ1) is 12.4. The molecular weight excluding hydrogens is 408 g/mol. The third kappa shape index (κ3) is 5.57. The first-order valence-electron chi connectivity index (χ1n) is 8.32. The smallest absolute Gasteiger partial charge is 0.294 e. The van der Waals surface area contributed by atoms with Crippen molar-refractivity contribution in [2.45, 2.75) is 62.5 Å². The van der Waals surface area contributed by atoms with Crippen LogP contribution in [0.1, 0.15) is 41.5 Å². The molecule has 0 saturated heterocycles. The summed E-state index contributed by atoms with van der Waals surface area (Å²) in [7, 11) is -9.20. The summed E-state index contributed by atoms with van der Waals surface area (Å²) in [5.41, 5.74) is -1.46. The van der Waals surface area contributed by atoms with E-state index < -0.39 is 41.2 Å². The van der Waals surface area contributed by atoms with Crippen LogP contribution >= 0.6 is 0 Å². The summed E-state index contributed by atoms with van der Waals surface area (Å²) >= 11 is 0. The summed E-state index contributed by atoms with van der Waals surface area (Å²) in [6.45, 7) is 10.5. The molecule has 10 heteroatoms. The van der Waals surface area contributed by atoms with Gasteiger partial charge in [0.15, 0.2) is 0 Å². The molecule has 0 aliphatic carbocycles. The zero-order valence-corrected chi connectivity index (χ0v) is 18.1. The molecule has 2 aromatic rings. The second-order valence-corrected chi connectivity index (χ2v) is 11.2. The molecule has 0 aliphatic heterocycles. The second kappa shape index (κ2) is 6.87. The summed E-state index contributed by atoms with van der Waals surface area (Å²) in [4.78, 5) is -0.957. The highest BCUT2D eigenvalue weighted by Gasteiger charge is 2.25. The van der Waals surface area contributed by atoms with Crippen molar-refractivity contribution in [3.05, 3.63) is 24.3 Å². The van der Waals surface area contributed by atoms with Crippen LogP contribution in [0.2, 0.25) is 0 Å². The SMILES string of the molecule is CC(C)(C)Oc1cc(S(=O)(=O)O)cc2cc(S(=O)(=O)O)cc(OC(C)(C)C)c12. The van der Waals surface area contributed by atoms with Gasteiger partial charge in [0, 0.05) is 12.1 Å². The van der Waals surface area contributed by atoms with Crippen molar-refractivity contribution in [3.8, 4) is 11.5 Å². The van der Waals surface area contributed by atoms with Crippen LogP contribution in [-0.4, -0.2) is 37.1 Å². The molecule has 0 radical (unpaired) electrons. The van der Waals surface area contributed by atoms with E-state index in [1.165, 1.54) is 0 Å². The Bertz CT molecular complexity index is 1030. The highest BCUT2D eigenvalue weighted by atomic mass is 32.2. The van der Waals surface area contributed by atoms with Gasteiger partial charge in [0.05, 0.1) is 15.2 Å². The van der Waals surface area contributed by atoms with E-state index in [-0.39, 0.29) is 16.9 Å². The predicted molar refractivity (Wildman–Crippen MR) is 104 cm³/mol. The van der Waals surface area contributed by atoms with Crippen LogP contribution in [0.4, 0.5) is 0 Å². The molecule has 2 rings (SSSR count). The van der Waals surface area contributed by atoms with Gasteiger partial charge in [-0.1, -0.05) is 0 Å². The average molecular weight is 433 g/mol. The van der Waals surface area contributed by atoms with E-state index in [0.717, 1.165) is 24.3 Å². The average Bonchev–Trinajstić information content (AvgIpc) is 2.40. The van der Waals surface area contributed by atoms with Crippen molar-refractivity contribution in [1.82, 2.24) is 0 Å². The Labute approximate surface area is 165 Å². The number of rotatable bonds is 4. The molecule has 0 atom stereocenters. The van der Waals surface area contributed by atoms with Gasteiger partial charge in [-0.15, -0.1) is 0 Å². The van der Waals surface area contributed by atoms with Crippen LogP contribution in [0.25, 0.3) is 10.8 Å². The number of fused-ring (bicyclic) bond motifs is 1. The van der Waals surface area contributed by atoms with E-state index in [4.69, 9.17) is 9.47 Å². The number of hydrogen-bond acceptors (Lipinski definition) is 6. The minimum Gasteiger partial charge on any atom is -0.487 e. The fourth-order valence-corrected chi connectivity index (χ4v) is 3.57. The van der Waals surface area contributed by atoms with Gasteiger partial charge >= 0.3 is 0 Å². The maximum atomic E-state index is 11.7. The van der Waals surface area contributed by atoms with Crippen molar-refractivity contribution in [1.29, 1.82) is 0 Å². The molecule has 28 heavy (non-hydrogen) atoms. The Morgan fingerprint density at radius 1 is 0.679 bits per heavy atom. The van der Waals surface area contributed by atoms with Crippen LogP contribution in [0, 0.1) is 0 Å². The summed E-state index contributed by atoms with van der Waals surface area (Å²) in [6.07, 6.45) is 0. The van der Waals surface area contributed by atoms with Gasteiger partial charge in [-0.05, 0) is 59.1 Å². The molecule has 2 aromatic carbocycles. The van der Waals surface area contributed by atoms with Crippen molar-refractivity contribution >= 4 is 31.0 Å². The van der Waals surface area contributed by atoms with Gasteiger partial charge in [-0.25, -0.2) is 0 Å². The van der Waals surface area contributed by atoms with E-state index in [1.54, 1.807) is 41.5 Å². The molecule has 0 heterocycles. The van der Waals surface area contributed by atoms with Gasteiger partial charge < -0.3 is 9.47 Å². The molecule has 0 fully saturated rings. The minimum atomic E-state index is -4.60. The van der Waals surface area contributed by atoms with Crippen molar-refractivity contribution in [2.24, 2.45) is 0 Å². The highest BCUT2D eigenvalue weighted by Crippen LogP contribution is 2.41. The Kier molecular flexibility index (Phi) is 5.50. The lowest BCUT2D eigenvalue weighted by Crippen LogP contribution is -2.25. The van der Waals surface area contributed by atoms with Crippen molar-refractivity contribution in [3.63, 3.8) is 0 Å². The van der Waals surface area contributed by atoms with E-state index in [2.05, 4.69) is 0 Å². The van der Waals surface area contributed by atoms with Crippen LogP contribution in [0.15, 0.2) is 34.1 Å². The molecule has 0 spiro atoms. The highest BCUT2D eigenvalue weighted by molar-refractivity contribution is 7.86. The molecule has 0 bridgehead atoms. The summed E-state index contributed by atoms with van der Waals surface area (Å²) < 4.78 is 77.4. The van der Waals surface area contributed by atoms with Gasteiger partial charge in [0.1, 0.15) is 22.7 Å². The molecule has 0 amide bonds. The number of hydrogen-bond donors (Lipinski definition) is 2. The predicted octanol–water partition coefficient (Wildman–Crippen LogP) is 3.69. The Morgan fingerprint density at radius 2 is 1.00 bits per heavy atom. The molecule has 2 N–H and O–H groups in total. The lowest BCUT2D eigenvalue weighted by Gasteiger charge is -2.26. The first kappa shape index (κ1) is 22.4. The lowest BCUT2D eigenvalue weighted by atomic mass is 10.1. The molecule has 0 aliphatic rings. The summed E-state index contributed by atoms with van der Waals surface area (Å²) in [5, 5.41) is 0.411. The summed E-state index contributed by atoms with van der Waals surface area (Å²) in [5.74, 6) is 0.164. The zero-order valence-electron chi connectivity index (χ0n) is 16.5. The monoisotopic (exact) mass is 432 g/mol. The molecular formula is C18H24O8S2. The van der Waals surface area contributed by atoms with E-state index in [1.807, 2.05) is 0 Å². The fraction of sp³-hybridized carbons (Fsp3) is 0.444. The normalized spacial score (nSPS) is 13.6. The topological polar surface area (TPSA) is 127 Å². The van der Waals surface area contributed by atoms with Crippen LogP contribution in [0.5, 0.6) is 11.5 Å². The molecule has 8 nitrogen and oxygen atoms in total. The maximum Gasteiger partial charge on any atom is 0.294 e. The molecule has 0 aromatic heterocycles. The van der Waals surface area contributed by atoms with Crippen molar-refractivity contribution in [2.75, 3.05) is 0 Å². The Morgan fingerprint density at radius 3 is 1.25 bits per heavy atom. The van der Waals surface area contributed by atoms with Crippen LogP contribution < -0.4 is 9.47 Å². The Balaban J connectivity index is 3.01. The van der Waals surface area contributed by atoms with Crippen LogP contribution in [-0.2, 0) is 20.2 Å². The van der Waals surface area contributed by atoms with E-state index in [0.29, 0.717) is 5.39 Å². The van der Waals surface area contributed by atoms with E-state index in [9.17, 15) is 25.9 Å². The summed E-state index contributed by atoms with van der Waals surface area (Å²) in [6, 6.07) is 4.46. The lowest BCUT2D eigenvalue weighted by molar-refractivity contribution is 0.125. The number of benzene rings is 2. The van der Waals surface area contributed by atoms with Gasteiger partial charge in [-0.2, -0.15) is 16.8 Å². The van der Waals surface area contributed by atoms with Gasteiger partial charge in [-0.3, -0.25) is 9.11 Å². The second-order valence-electron chi connectivity index (χ2n) is 8.32. The quantitative estimate of drug-likeness (QED) is 0.700. The van der Waals surface area contributed by atoms with Crippen molar-refractivity contribution < 1.29 is 35.4 Å². The third-order valence-corrected chi connectivity index (χ3v) is 5.01. The van der Waals surface area contributed by atoms with Gasteiger partial charge in [0.25, 0.3) is 20.2 Å². The largest absolute Gasteiger partial charge is 0.487 e. The third-order valence-electron chi connectivity index (χ3n) is 3.35. The minimum absolute atomic E-state index is 0.0822. The molecule has 0 saturated carbocycles. The Hall–Kier alpha value is -1.88. The number of ether oxygens (including phenoxy) is 2. The molecule has 156 valence electrons. The van der Waals surface area contributed by atoms with Gasteiger partial charge in [0.2, 0.25) is 0 Å². The standard InChI is InChI=1S/C18H24O8S2/c1-17(2,3)25-14-9-12(27(19,20)21)7-11-8-13(28(22,23)24)10-15(16(11)14)26-18(4,5)6/h7-10H,1-6H3,(H,19,20,21)(H,22,23,24). The van der Waals surface area contributed by atoms with E-state index >= 15 is 0 Å².